The van der Waals surface area contributed by atoms with E-state index in [1.54, 1.807) is 54.6 Å². The molecule has 0 aliphatic heterocycles. The molecule has 1 N–H and O–H groups in total. The molecular formula is C35H38ClN3O5S. The summed E-state index contributed by atoms with van der Waals surface area (Å²) in [6.07, 6.45) is 0.935. The van der Waals surface area contributed by atoms with Gasteiger partial charge in [0.15, 0.2) is 0 Å². The van der Waals surface area contributed by atoms with Crippen molar-refractivity contribution in [3.8, 4) is 5.75 Å². The molecule has 0 fully saturated rings. The normalized spacial score (nSPS) is 11.8. The zero-order valence-electron chi connectivity index (χ0n) is 25.6. The van der Waals surface area contributed by atoms with Gasteiger partial charge in [0, 0.05) is 24.5 Å². The van der Waals surface area contributed by atoms with E-state index in [4.69, 9.17) is 16.3 Å². The van der Waals surface area contributed by atoms with E-state index in [0.717, 1.165) is 15.4 Å². The maximum absolute atomic E-state index is 14.5. The molecule has 0 bridgehead atoms. The number of nitrogens with one attached hydrogen (secondary N) is 1. The lowest BCUT2D eigenvalue weighted by molar-refractivity contribution is -0.140. The highest BCUT2D eigenvalue weighted by Crippen LogP contribution is 2.33. The molecule has 0 aromatic heterocycles. The van der Waals surface area contributed by atoms with Crippen molar-refractivity contribution in [2.24, 2.45) is 0 Å². The monoisotopic (exact) mass is 647 g/mol. The van der Waals surface area contributed by atoms with Crippen molar-refractivity contribution in [2.45, 2.75) is 44.2 Å². The molecule has 2 amide bonds. The third-order valence-corrected chi connectivity index (χ3v) is 9.31. The Morgan fingerprint density at radius 1 is 0.889 bits per heavy atom. The van der Waals surface area contributed by atoms with E-state index in [-0.39, 0.29) is 35.2 Å². The summed E-state index contributed by atoms with van der Waals surface area (Å²) in [5, 5.41) is 3.42. The van der Waals surface area contributed by atoms with Crippen LogP contribution >= 0.6 is 11.6 Å². The Morgan fingerprint density at radius 3 is 2.22 bits per heavy atom. The number of ether oxygens (including phenoxy) is 1. The number of anilines is 1. The van der Waals surface area contributed by atoms with Gasteiger partial charge in [-0.3, -0.25) is 13.9 Å². The summed E-state index contributed by atoms with van der Waals surface area (Å²) in [6, 6.07) is 28.6. The predicted octanol–water partition coefficient (Wildman–Crippen LogP) is 6.02. The van der Waals surface area contributed by atoms with Gasteiger partial charge < -0.3 is 15.0 Å². The number of aryl methyl sites for hydroxylation is 1. The van der Waals surface area contributed by atoms with E-state index in [0.29, 0.717) is 23.6 Å². The number of rotatable bonds is 14. The average molecular weight is 648 g/mol. The minimum absolute atomic E-state index is 0.0229. The Labute approximate surface area is 270 Å². The molecule has 4 aromatic rings. The lowest BCUT2D eigenvalue weighted by Crippen LogP contribution is -2.53. The minimum Gasteiger partial charge on any atom is -0.495 e. The highest BCUT2D eigenvalue weighted by atomic mass is 35.5. The van der Waals surface area contributed by atoms with Crippen LogP contribution in [0, 0.1) is 6.92 Å². The number of halogens is 1. The first-order chi connectivity index (χ1) is 21.6. The van der Waals surface area contributed by atoms with E-state index in [1.165, 1.54) is 24.1 Å². The maximum atomic E-state index is 14.5. The van der Waals surface area contributed by atoms with Crippen LogP contribution in [-0.4, -0.2) is 51.4 Å². The predicted molar refractivity (Wildman–Crippen MR) is 178 cm³/mol. The molecule has 4 rings (SSSR count). The summed E-state index contributed by atoms with van der Waals surface area (Å²) >= 11 is 6.30. The van der Waals surface area contributed by atoms with Gasteiger partial charge in [-0.15, -0.1) is 0 Å². The van der Waals surface area contributed by atoms with Gasteiger partial charge in [0.25, 0.3) is 10.0 Å². The number of nitrogens with zero attached hydrogens (tertiary/aromatic N) is 2. The van der Waals surface area contributed by atoms with Crippen LogP contribution in [0.5, 0.6) is 5.75 Å². The third-order valence-electron chi connectivity index (χ3n) is 7.30. The van der Waals surface area contributed by atoms with Crippen molar-refractivity contribution >= 4 is 39.1 Å². The van der Waals surface area contributed by atoms with E-state index >= 15 is 0 Å². The standard InChI is InChI=1S/C35H38ClN3O5S/c1-4-21-37-35(41)32(23-27-11-6-5-7-12-27)38(24-28-13-10-14-29(36)22-28)34(40)25-39(31-15-8-9-16-33(31)44-3)45(42,43)30-19-17-26(2)18-20-30/h5-20,22,32H,4,21,23-25H2,1-3H3,(H,37,41). The number of sulfonamides is 1. The van der Waals surface area contributed by atoms with Crippen LogP contribution in [0.2, 0.25) is 5.02 Å². The second-order valence-electron chi connectivity index (χ2n) is 10.6. The first kappa shape index (κ1) is 33.6. The molecule has 0 spiro atoms. The number of carbonyl (C=O) groups is 2. The Balaban J connectivity index is 1.82. The number of para-hydroxylation sites is 2. The van der Waals surface area contributed by atoms with Crippen LogP contribution in [0.4, 0.5) is 5.69 Å². The van der Waals surface area contributed by atoms with Crippen LogP contribution in [0.3, 0.4) is 0 Å². The van der Waals surface area contributed by atoms with E-state index in [1.807, 2.05) is 50.2 Å². The Bertz CT molecular complexity index is 1700. The lowest BCUT2D eigenvalue weighted by Gasteiger charge is -2.34. The molecule has 10 heteroatoms. The van der Waals surface area contributed by atoms with Crippen molar-refractivity contribution in [3.63, 3.8) is 0 Å². The largest absolute Gasteiger partial charge is 0.495 e. The van der Waals surface area contributed by atoms with Gasteiger partial charge in [0.1, 0.15) is 18.3 Å². The fraction of sp³-hybridized carbons (Fsp3) is 0.257. The van der Waals surface area contributed by atoms with Gasteiger partial charge in [-0.2, -0.15) is 0 Å². The van der Waals surface area contributed by atoms with Crippen molar-refractivity contribution < 1.29 is 22.7 Å². The van der Waals surface area contributed by atoms with Crippen LogP contribution in [0.25, 0.3) is 0 Å². The molecule has 4 aromatic carbocycles. The smallest absolute Gasteiger partial charge is 0.264 e. The van der Waals surface area contributed by atoms with E-state index in [2.05, 4.69) is 5.32 Å². The van der Waals surface area contributed by atoms with Crippen molar-refractivity contribution in [1.82, 2.24) is 10.2 Å². The maximum Gasteiger partial charge on any atom is 0.264 e. The molecule has 1 unspecified atom stereocenters. The average Bonchev–Trinajstić information content (AvgIpc) is 3.04. The summed E-state index contributed by atoms with van der Waals surface area (Å²) in [6.45, 7) is 3.69. The molecular weight excluding hydrogens is 610 g/mol. The number of carbonyl (C=O) groups excluding carboxylic acids is 2. The SMILES string of the molecule is CCCNC(=O)C(Cc1ccccc1)N(Cc1cccc(Cl)c1)C(=O)CN(c1ccccc1OC)S(=O)(=O)c1ccc(C)cc1. The molecule has 0 saturated heterocycles. The van der Waals surface area contributed by atoms with Gasteiger partial charge in [-0.05, 0) is 60.9 Å². The van der Waals surface area contributed by atoms with E-state index in [9.17, 15) is 18.0 Å². The molecule has 236 valence electrons. The number of hydrogen-bond donors (Lipinski definition) is 1. The first-order valence-corrected chi connectivity index (χ1v) is 16.5. The molecule has 45 heavy (non-hydrogen) atoms. The van der Waals surface area contributed by atoms with Gasteiger partial charge >= 0.3 is 0 Å². The van der Waals surface area contributed by atoms with Gasteiger partial charge in [-0.25, -0.2) is 8.42 Å². The van der Waals surface area contributed by atoms with Gasteiger partial charge in [0.2, 0.25) is 11.8 Å². The molecule has 0 aliphatic carbocycles. The zero-order valence-corrected chi connectivity index (χ0v) is 27.2. The molecule has 0 heterocycles. The zero-order chi connectivity index (χ0) is 32.4. The molecule has 1 atom stereocenters. The van der Waals surface area contributed by atoms with Crippen LogP contribution in [-0.2, 0) is 32.6 Å². The number of benzene rings is 4. The number of methoxy groups -OCH3 is 1. The molecule has 0 aliphatic rings. The summed E-state index contributed by atoms with van der Waals surface area (Å²) in [7, 11) is -2.81. The van der Waals surface area contributed by atoms with E-state index < -0.39 is 28.5 Å². The fourth-order valence-corrected chi connectivity index (χ4v) is 6.58. The van der Waals surface area contributed by atoms with Crippen molar-refractivity contribution in [3.05, 3.63) is 125 Å². The first-order valence-electron chi connectivity index (χ1n) is 14.7. The Morgan fingerprint density at radius 2 is 1.56 bits per heavy atom. The molecule has 8 nitrogen and oxygen atoms in total. The van der Waals surface area contributed by atoms with Gasteiger partial charge in [-0.1, -0.05) is 90.8 Å². The summed E-state index contributed by atoms with van der Waals surface area (Å²) in [4.78, 5) is 29.7. The number of amides is 2. The van der Waals surface area contributed by atoms with Crippen LogP contribution in [0.15, 0.2) is 108 Å². The molecule has 0 saturated carbocycles. The lowest BCUT2D eigenvalue weighted by atomic mass is 10.0. The summed E-state index contributed by atoms with van der Waals surface area (Å²) < 4.78 is 35.0. The summed E-state index contributed by atoms with van der Waals surface area (Å²) in [5.41, 5.74) is 2.64. The highest BCUT2D eigenvalue weighted by Gasteiger charge is 2.35. The fourth-order valence-electron chi connectivity index (χ4n) is 4.94. The quantitative estimate of drug-likeness (QED) is 0.181. The summed E-state index contributed by atoms with van der Waals surface area (Å²) in [5.74, 6) is -0.616. The second kappa shape index (κ2) is 15.6. The van der Waals surface area contributed by atoms with Crippen LogP contribution in [0.1, 0.15) is 30.0 Å². The van der Waals surface area contributed by atoms with Gasteiger partial charge in [0.05, 0.1) is 17.7 Å². The third kappa shape index (κ3) is 8.65. The Hall–Kier alpha value is -4.34. The minimum atomic E-state index is -4.25. The van der Waals surface area contributed by atoms with Crippen molar-refractivity contribution in [1.29, 1.82) is 0 Å². The highest BCUT2D eigenvalue weighted by molar-refractivity contribution is 7.92. The van der Waals surface area contributed by atoms with Crippen LogP contribution < -0.4 is 14.4 Å². The second-order valence-corrected chi connectivity index (χ2v) is 12.9. The molecule has 0 radical (unpaired) electrons. The van der Waals surface area contributed by atoms with Crippen molar-refractivity contribution in [2.75, 3.05) is 24.5 Å². The number of hydrogen-bond acceptors (Lipinski definition) is 5. The topological polar surface area (TPSA) is 96.0 Å². The Kier molecular flexibility index (Phi) is 11.6.